The maximum atomic E-state index is 12.8. The highest BCUT2D eigenvalue weighted by Crippen LogP contribution is 2.45. The van der Waals surface area contributed by atoms with Gasteiger partial charge in [0, 0.05) is 13.2 Å². The number of ether oxygens (including phenoxy) is 1. The highest BCUT2D eigenvalue weighted by atomic mass is 19.4. The van der Waals surface area contributed by atoms with Crippen LogP contribution in [0.3, 0.4) is 0 Å². The van der Waals surface area contributed by atoms with Gasteiger partial charge in [0.2, 0.25) is 0 Å². The largest absolute Gasteiger partial charge is 0.391 e. The summed E-state index contributed by atoms with van der Waals surface area (Å²) < 4.78 is 44.1. The van der Waals surface area contributed by atoms with Gasteiger partial charge < -0.3 is 15.4 Å². The lowest BCUT2D eigenvalue weighted by Gasteiger charge is -2.45. The third-order valence-electron chi connectivity index (χ3n) is 5.17. The van der Waals surface area contributed by atoms with E-state index in [1.165, 1.54) is 0 Å². The monoisotopic (exact) mass is 305 g/mol. The number of nitrogens with zero attached hydrogens (tertiary/aromatic N) is 2. The van der Waals surface area contributed by atoms with Crippen LogP contribution in [0.25, 0.3) is 0 Å². The van der Waals surface area contributed by atoms with Crippen LogP contribution in [0.2, 0.25) is 0 Å². The molecule has 2 aliphatic heterocycles. The SMILES string of the molecule is NC1=NCC2(CCC(C(F)(F)F)CC2)N1CC1CCCO1. The highest BCUT2D eigenvalue weighted by molar-refractivity contribution is 5.81. The molecule has 3 aliphatic rings. The van der Waals surface area contributed by atoms with Crippen molar-refractivity contribution in [3.8, 4) is 0 Å². The molecule has 0 radical (unpaired) electrons. The van der Waals surface area contributed by atoms with E-state index >= 15 is 0 Å². The van der Waals surface area contributed by atoms with Crippen LogP contribution in [0, 0.1) is 5.92 Å². The molecule has 1 saturated carbocycles. The third-order valence-corrected chi connectivity index (χ3v) is 5.17. The fourth-order valence-electron chi connectivity index (χ4n) is 3.83. The molecule has 2 heterocycles. The summed E-state index contributed by atoms with van der Waals surface area (Å²) in [6.45, 7) is 1.95. The number of alkyl halides is 3. The summed E-state index contributed by atoms with van der Waals surface area (Å²) in [4.78, 5) is 6.33. The quantitative estimate of drug-likeness (QED) is 0.851. The molecular formula is C14H22F3N3O. The summed E-state index contributed by atoms with van der Waals surface area (Å²) in [6.07, 6.45) is -0.547. The van der Waals surface area contributed by atoms with Crippen LogP contribution in [0.15, 0.2) is 4.99 Å². The molecule has 0 aromatic heterocycles. The molecule has 0 aromatic rings. The maximum Gasteiger partial charge on any atom is 0.391 e. The molecule has 0 amide bonds. The van der Waals surface area contributed by atoms with Gasteiger partial charge in [-0.2, -0.15) is 13.2 Å². The van der Waals surface area contributed by atoms with Crippen LogP contribution in [0.4, 0.5) is 13.2 Å². The van der Waals surface area contributed by atoms with Gasteiger partial charge in [0.25, 0.3) is 0 Å². The Morgan fingerprint density at radius 2 is 2.00 bits per heavy atom. The molecular weight excluding hydrogens is 283 g/mol. The van der Waals surface area contributed by atoms with E-state index in [4.69, 9.17) is 10.5 Å². The van der Waals surface area contributed by atoms with Crippen LogP contribution in [-0.2, 0) is 4.74 Å². The van der Waals surface area contributed by atoms with Gasteiger partial charge >= 0.3 is 6.18 Å². The fourth-order valence-corrected chi connectivity index (χ4v) is 3.83. The van der Waals surface area contributed by atoms with Gasteiger partial charge in [0.05, 0.1) is 24.1 Å². The van der Waals surface area contributed by atoms with Crippen molar-refractivity contribution >= 4 is 5.96 Å². The summed E-state index contributed by atoms with van der Waals surface area (Å²) in [6, 6.07) is 0. The Balaban J connectivity index is 1.66. The Bertz CT molecular complexity index is 410. The molecule has 4 nitrogen and oxygen atoms in total. The van der Waals surface area contributed by atoms with Gasteiger partial charge in [-0.25, -0.2) is 0 Å². The van der Waals surface area contributed by atoms with E-state index in [0.717, 1.165) is 19.4 Å². The molecule has 1 spiro atoms. The predicted octanol–water partition coefficient (Wildman–Crippen LogP) is 2.29. The molecule has 2 fully saturated rings. The smallest absolute Gasteiger partial charge is 0.376 e. The van der Waals surface area contributed by atoms with Gasteiger partial charge in [0.15, 0.2) is 5.96 Å². The number of nitrogens with two attached hydrogens (primary N) is 1. The molecule has 120 valence electrons. The Hall–Kier alpha value is -0.980. The minimum Gasteiger partial charge on any atom is -0.376 e. The second kappa shape index (κ2) is 5.34. The third kappa shape index (κ3) is 2.84. The van der Waals surface area contributed by atoms with Crippen molar-refractivity contribution in [3.63, 3.8) is 0 Å². The zero-order chi connectivity index (χ0) is 15.1. The summed E-state index contributed by atoms with van der Waals surface area (Å²) in [5.74, 6) is -0.703. The lowest BCUT2D eigenvalue weighted by atomic mass is 9.75. The number of guanidine groups is 1. The average molecular weight is 305 g/mol. The minimum absolute atomic E-state index is 0.133. The first kappa shape index (κ1) is 14.9. The van der Waals surface area contributed by atoms with Crippen molar-refractivity contribution in [2.45, 2.75) is 56.3 Å². The summed E-state index contributed by atoms with van der Waals surface area (Å²) >= 11 is 0. The van der Waals surface area contributed by atoms with Crippen molar-refractivity contribution in [1.29, 1.82) is 0 Å². The van der Waals surface area contributed by atoms with Crippen molar-refractivity contribution < 1.29 is 17.9 Å². The van der Waals surface area contributed by atoms with Crippen LogP contribution < -0.4 is 5.73 Å². The van der Waals surface area contributed by atoms with E-state index in [1.54, 1.807) is 0 Å². The molecule has 3 rings (SSSR count). The molecule has 1 aliphatic carbocycles. The lowest BCUT2D eigenvalue weighted by molar-refractivity contribution is -0.187. The molecule has 0 aromatic carbocycles. The maximum absolute atomic E-state index is 12.8. The Kier molecular flexibility index (Phi) is 3.80. The van der Waals surface area contributed by atoms with E-state index in [-0.39, 0.29) is 24.5 Å². The first-order valence-corrected chi connectivity index (χ1v) is 7.67. The molecule has 21 heavy (non-hydrogen) atoms. The van der Waals surface area contributed by atoms with Gasteiger partial charge in [-0.1, -0.05) is 0 Å². The van der Waals surface area contributed by atoms with E-state index in [2.05, 4.69) is 4.99 Å². The topological polar surface area (TPSA) is 50.8 Å². The van der Waals surface area contributed by atoms with Crippen LogP contribution in [0.5, 0.6) is 0 Å². The van der Waals surface area contributed by atoms with Crippen LogP contribution in [-0.4, -0.2) is 48.4 Å². The zero-order valence-electron chi connectivity index (χ0n) is 12.0. The second-order valence-electron chi connectivity index (χ2n) is 6.46. The Labute approximate surface area is 122 Å². The lowest BCUT2D eigenvalue weighted by Crippen LogP contribution is -2.56. The normalized spacial score (nSPS) is 37.3. The molecule has 2 N–H and O–H groups in total. The number of aliphatic imine (C=N–C) groups is 1. The predicted molar refractivity (Wildman–Crippen MR) is 72.9 cm³/mol. The van der Waals surface area contributed by atoms with Crippen LogP contribution >= 0.6 is 0 Å². The summed E-state index contributed by atoms with van der Waals surface area (Å²) in [5, 5.41) is 0. The van der Waals surface area contributed by atoms with E-state index in [9.17, 15) is 13.2 Å². The Morgan fingerprint density at radius 1 is 1.29 bits per heavy atom. The average Bonchev–Trinajstić information content (AvgIpc) is 3.03. The number of rotatable bonds is 2. The number of hydrogen-bond donors (Lipinski definition) is 1. The van der Waals surface area contributed by atoms with E-state index < -0.39 is 12.1 Å². The molecule has 1 saturated heterocycles. The first-order valence-electron chi connectivity index (χ1n) is 7.67. The Morgan fingerprint density at radius 3 is 2.57 bits per heavy atom. The van der Waals surface area contributed by atoms with Gasteiger partial charge in [0.1, 0.15) is 0 Å². The van der Waals surface area contributed by atoms with Crippen molar-refractivity contribution in [1.82, 2.24) is 4.90 Å². The molecule has 0 bridgehead atoms. The summed E-state index contributed by atoms with van der Waals surface area (Å²) in [7, 11) is 0. The van der Waals surface area contributed by atoms with Crippen LogP contribution in [0.1, 0.15) is 38.5 Å². The molecule has 7 heteroatoms. The van der Waals surface area contributed by atoms with Gasteiger partial charge in [-0.3, -0.25) is 4.99 Å². The van der Waals surface area contributed by atoms with Gasteiger partial charge in [-0.05, 0) is 38.5 Å². The highest BCUT2D eigenvalue weighted by Gasteiger charge is 2.50. The minimum atomic E-state index is -4.08. The van der Waals surface area contributed by atoms with Gasteiger partial charge in [-0.15, -0.1) is 0 Å². The second-order valence-corrected chi connectivity index (χ2v) is 6.46. The molecule has 1 atom stereocenters. The van der Waals surface area contributed by atoms with Crippen molar-refractivity contribution in [2.75, 3.05) is 19.7 Å². The first-order chi connectivity index (χ1) is 9.91. The van der Waals surface area contributed by atoms with E-state index in [1.807, 2.05) is 4.90 Å². The van der Waals surface area contributed by atoms with Crippen molar-refractivity contribution in [3.05, 3.63) is 0 Å². The molecule has 1 unspecified atom stereocenters. The fraction of sp³-hybridized carbons (Fsp3) is 0.929. The zero-order valence-corrected chi connectivity index (χ0v) is 12.0. The van der Waals surface area contributed by atoms with E-state index in [0.29, 0.717) is 31.9 Å². The van der Waals surface area contributed by atoms with Crippen molar-refractivity contribution in [2.24, 2.45) is 16.6 Å². The number of hydrogen-bond acceptors (Lipinski definition) is 4. The standard InChI is InChI=1S/C14H22F3N3O/c15-14(16,17)10-3-5-13(6-4-10)9-19-12(18)20(13)8-11-2-1-7-21-11/h10-11H,1-9H2,(H2,18,19). The number of halogens is 3. The summed E-state index contributed by atoms with van der Waals surface area (Å²) in [5.41, 5.74) is 5.67.